The number of likely N-dealkylation sites (N-methyl/N-ethyl adjacent to an activating group) is 1. The van der Waals surface area contributed by atoms with Gasteiger partial charge in [0.15, 0.2) is 0 Å². The van der Waals surface area contributed by atoms with Crippen LogP contribution in [0, 0.1) is 5.82 Å². The van der Waals surface area contributed by atoms with Gasteiger partial charge in [-0.1, -0.05) is 50.0 Å². The van der Waals surface area contributed by atoms with E-state index in [1.165, 1.54) is 17.0 Å². The Balaban J connectivity index is 1.47. The highest BCUT2D eigenvalue weighted by Gasteiger charge is 2.32. The number of thiocarbonyl (C=S) groups is 1. The van der Waals surface area contributed by atoms with Gasteiger partial charge in [0.25, 0.3) is 5.91 Å². The fraction of sp³-hybridized carbons (Fsp3) is 0.308. The van der Waals surface area contributed by atoms with Gasteiger partial charge in [0.1, 0.15) is 16.7 Å². The number of carbonyl (C=O) groups is 3. The normalized spacial score (nSPS) is 14.6. The Morgan fingerprint density at radius 2 is 1.78 bits per heavy atom. The van der Waals surface area contributed by atoms with E-state index in [1.54, 1.807) is 42.5 Å². The summed E-state index contributed by atoms with van der Waals surface area (Å²) in [6.45, 7) is 7.03. The number of rotatable bonds is 11. The van der Waals surface area contributed by atoms with Crippen LogP contribution in [0.25, 0.3) is 6.08 Å². The van der Waals surface area contributed by atoms with Crippen LogP contribution in [0.15, 0.2) is 53.4 Å². The monoisotopic (exact) mass is 529 g/mol. The van der Waals surface area contributed by atoms with Crippen LogP contribution in [-0.4, -0.2) is 64.7 Å². The topological polar surface area (TPSA) is 79.0 Å². The molecule has 36 heavy (non-hydrogen) atoms. The van der Waals surface area contributed by atoms with Gasteiger partial charge in [0.05, 0.1) is 10.5 Å². The number of ether oxygens (including phenoxy) is 1. The maximum absolute atomic E-state index is 13.1. The van der Waals surface area contributed by atoms with Crippen LogP contribution in [0.4, 0.5) is 10.1 Å². The van der Waals surface area contributed by atoms with Crippen LogP contribution in [0.5, 0.6) is 0 Å². The molecule has 1 heterocycles. The van der Waals surface area contributed by atoms with E-state index < -0.39 is 5.97 Å². The van der Waals surface area contributed by atoms with E-state index in [4.69, 9.17) is 17.0 Å². The van der Waals surface area contributed by atoms with Gasteiger partial charge < -0.3 is 15.0 Å². The molecule has 1 aliphatic rings. The van der Waals surface area contributed by atoms with E-state index in [1.807, 2.05) is 0 Å². The first-order valence-corrected chi connectivity index (χ1v) is 12.8. The average molecular weight is 530 g/mol. The SMILES string of the molecule is CCN(CC)CCOC(=O)c1ccc(NC(=O)CCN2C(=O)/C(=C/c3ccc(F)cc3)SC2=S)cc1. The van der Waals surface area contributed by atoms with Crippen molar-refractivity contribution in [2.75, 3.05) is 38.1 Å². The number of carbonyl (C=O) groups excluding carboxylic acids is 3. The summed E-state index contributed by atoms with van der Waals surface area (Å²) < 4.78 is 18.8. The number of anilines is 1. The number of hydrogen-bond donors (Lipinski definition) is 1. The molecule has 0 unspecified atom stereocenters. The van der Waals surface area contributed by atoms with E-state index in [9.17, 15) is 18.8 Å². The van der Waals surface area contributed by atoms with E-state index in [0.29, 0.717) is 39.2 Å². The standard InChI is InChI=1S/C26H28FN3O4S2/c1-3-29(4-2)15-16-34-25(33)19-7-11-21(12-8-19)28-23(31)13-14-30-24(32)22(36-26(30)35)17-18-5-9-20(27)10-6-18/h5-12,17H,3-4,13-16H2,1-2H3,(H,28,31)/b22-17-. The quantitative estimate of drug-likeness (QED) is 0.260. The van der Waals surface area contributed by atoms with Crippen molar-refractivity contribution in [3.63, 3.8) is 0 Å². The zero-order chi connectivity index (χ0) is 26.1. The van der Waals surface area contributed by atoms with Crippen molar-refractivity contribution in [2.45, 2.75) is 20.3 Å². The molecule has 7 nitrogen and oxygen atoms in total. The van der Waals surface area contributed by atoms with Crippen LogP contribution in [0.2, 0.25) is 0 Å². The zero-order valence-electron chi connectivity index (χ0n) is 20.2. The van der Waals surface area contributed by atoms with E-state index >= 15 is 0 Å². The lowest BCUT2D eigenvalue weighted by Gasteiger charge is -2.17. The van der Waals surface area contributed by atoms with Crippen molar-refractivity contribution in [3.05, 3.63) is 70.4 Å². The molecule has 0 aromatic heterocycles. The zero-order valence-corrected chi connectivity index (χ0v) is 21.8. The minimum absolute atomic E-state index is 0.0470. The van der Waals surface area contributed by atoms with Gasteiger partial charge in [0, 0.05) is 25.2 Å². The third kappa shape index (κ3) is 7.71. The number of amides is 2. The summed E-state index contributed by atoms with van der Waals surface area (Å²) in [7, 11) is 0. The Kier molecular flexibility index (Phi) is 10.2. The third-order valence-corrected chi connectivity index (χ3v) is 6.92. The van der Waals surface area contributed by atoms with Gasteiger partial charge in [-0.15, -0.1) is 0 Å². The van der Waals surface area contributed by atoms with Gasteiger partial charge in [-0.3, -0.25) is 14.5 Å². The molecule has 0 aliphatic carbocycles. The molecule has 3 rings (SSSR count). The molecule has 2 aromatic carbocycles. The Labute approximate surface area is 219 Å². The maximum atomic E-state index is 13.1. The van der Waals surface area contributed by atoms with Gasteiger partial charge in [0.2, 0.25) is 5.91 Å². The summed E-state index contributed by atoms with van der Waals surface area (Å²) in [6.07, 6.45) is 1.69. The van der Waals surface area contributed by atoms with Crippen molar-refractivity contribution in [1.29, 1.82) is 0 Å². The summed E-state index contributed by atoms with van der Waals surface area (Å²) >= 11 is 6.45. The molecule has 0 spiro atoms. The molecular weight excluding hydrogens is 501 g/mol. The molecule has 10 heteroatoms. The van der Waals surface area contributed by atoms with Gasteiger partial charge in [-0.05, 0) is 61.1 Å². The Morgan fingerprint density at radius 3 is 2.42 bits per heavy atom. The number of esters is 1. The fourth-order valence-corrected chi connectivity index (χ4v) is 4.73. The number of nitrogens with one attached hydrogen (secondary N) is 1. The van der Waals surface area contributed by atoms with Crippen molar-refractivity contribution in [1.82, 2.24) is 9.80 Å². The van der Waals surface area contributed by atoms with Crippen LogP contribution >= 0.6 is 24.0 Å². The van der Waals surface area contributed by atoms with Gasteiger partial charge >= 0.3 is 5.97 Å². The van der Waals surface area contributed by atoms with Crippen LogP contribution in [-0.2, 0) is 14.3 Å². The van der Waals surface area contributed by atoms with E-state index in [0.717, 1.165) is 24.9 Å². The lowest BCUT2D eigenvalue weighted by molar-refractivity contribution is -0.122. The van der Waals surface area contributed by atoms with Crippen molar-refractivity contribution in [3.8, 4) is 0 Å². The van der Waals surface area contributed by atoms with Crippen LogP contribution in [0.3, 0.4) is 0 Å². The first-order valence-electron chi connectivity index (χ1n) is 11.6. The predicted molar refractivity (Wildman–Crippen MR) is 144 cm³/mol. The van der Waals surface area contributed by atoms with E-state index in [2.05, 4.69) is 24.1 Å². The molecule has 2 aromatic rings. The number of benzene rings is 2. The second kappa shape index (κ2) is 13.3. The molecule has 1 aliphatic heterocycles. The predicted octanol–water partition coefficient (Wildman–Crippen LogP) is 4.55. The molecular formula is C26H28FN3O4S2. The molecule has 0 bridgehead atoms. The number of thioether (sulfide) groups is 1. The van der Waals surface area contributed by atoms with Crippen LogP contribution < -0.4 is 5.32 Å². The number of hydrogen-bond acceptors (Lipinski definition) is 7. The summed E-state index contributed by atoms with van der Waals surface area (Å²) in [5.74, 6) is -1.35. The number of halogens is 1. The Bertz CT molecular complexity index is 1130. The molecule has 190 valence electrons. The number of nitrogens with zero attached hydrogens (tertiary/aromatic N) is 2. The van der Waals surface area contributed by atoms with E-state index in [-0.39, 0.29) is 30.6 Å². The second-order valence-corrected chi connectivity index (χ2v) is 9.60. The van der Waals surface area contributed by atoms with Gasteiger partial charge in [-0.2, -0.15) is 0 Å². The first kappa shape index (κ1) is 27.5. The fourth-order valence-electron chi connectivity index (χ4n) is 3.42. The summed E-state index contributed by atoms with van der Waals surface area (Å²) in [6, 6.07) is 12.2. The summed E-state index contributed by atoms with van der Waals surface area (Å²) in [5, 5.41) is 2.76. The van der Waals surface area contributed by atoms with Crippen molar-refractivity contribution >= 4 is 57.8 Å². The highest BCUT2D eigenvalue weighted by atomic mass is 32.2. The third-order valence-electron chi connectivity index (χ3n) is 5.54. The molecule has 1 N–H and O–H groups in total. The lowest BCUT2D eigenvalue weighted by atomic mass is 10.2. The molecule has 1 saturated heterocycles. The maximum Gasteiger partial charge on any atom is 0.338 e. The summed E-state index contributed by atoms with van der Waals surface area (Å²) in [5.41, 5.74) is 1.62. The smallest absolute Gasteiger partial charge is 0.338 e. The molecule has 1 fully saturated rings. The van der Waals surface area contributed by atoms with Crippen molar-refractivity contribution < 1.29 is 23.5 Å². The first-order chi connectivity index (χ1) is 17.3. The highest BCUT2D eigenvalue weighted by molar-refractivity contribution is 8.26. The Morgan fingerprint density at radius 1 is 1.11 bits per heavy atom. The summed E-state index contributed by atoms with van der Waals surface area (Å²) in [4.78, 5) is 41.3. The average Bonchev–Trinajstić information content (AvgIpc) is 3.14. The Hall–Kier alpha value is -3.08. The molecule has 2 amide bonds. The molecule has 0 atom stereocenters. The molecule has 0 saturated carbocycles. The van der Waals surface area contributed by atoms with Gasteiger partial charge in [-0.25, -0.2) is 9.18 Å². The highest BCUT2D eigenvalue weighted by Crippen LogP contribution is 2.32. The minimum atomic E-state index is -0.414. The lowest BCUT2D eigenvalue weighted by Crippen LogP contribution is -2.31. The largest absolute Gasteiger partial charge is 0.461 e. The minimum Gasteiger partial charge on any atom is -0.461 e. The van der Waals surface area contributed by atoms with Crippen molar-refractivity contribution in [2.24, 2.45) is 0 Å². The van der Waals surface area contributed by atoms with Crippen LogP contribution in [0.1, 0.15) is 36.2 Å². The molecule has 0 radical (unpaired) electrons. The second-order valence-electron chi connectivity index (χ2n) is 7.92.